The molecular formula is C22H24N2O4. The summed E-state index contributed by atoms with van der Waals surface area (Å²) in [5, 5.41) is 3.84. The molecule has 2 aromatic carbocycles. The van der Waals surface area contributed by atoms with Gasteiger partial charge in [0.25, 0.3) is 5.91 Å². The van der Waals surface area contributed by atoms with Crippen LogP contribution < -0.4 is 14.8 Å². The van der Waals surface area contributed by atoms with E-state index in [4.69, 9.17) is 13.9 Å². The van der Waals surface area contributed by atoms with Gasteiger partial charge < -0.3 is 24.1 Å². The number of benzene rings is 2. The van der Waals surface area contributed by atoms with Gasteiger partial charge in [0, 0.05) is 18.4 Å². The van der Waals surface area contributed by atoms with Gasteiger partial charge in [-0.05, 0) is 43.4 Å². The largest absolute Gasteiger partial charge is 0.493 e. The van der Waals surface area contributed by atoms with Crippen molar-refractivity contribution in [2.45, 2.75) is 12.5 Å². The Morgan fingerprint density at radius 1 is 1.25 bits per heavy atom. The number of likely N-dealkylation sites (N-methyl/N-ethyl adjacent to an activating group) is 1. The van der Waals surface area contributed by atoms with Crippen molar-refractivity contribution in [1.29, 1.82) is 0 Å². The van der Waals surface area contributed by atoms with Crippen molar-refractivity contribution in [3.05, 3.63) is 59.4 Å². The number of carbonyl (C=O) groups is 1. The fourth-order valence-electron chi connectivity index (χ4n) is 3.60. The van der Waals surface area contributed by atoms with Gasteiger partial charge in [0.15, 0.2) is 17.1 Å². The van der Waals surface area contributed by atoms with E-state index in [-0.39, 0.29) is 17.7 Å². The number of carbonyl (C=O) groups excluding carboxylic acids is 1. The zero-order valence-corrected chi connectivity index (χ0v) is 16.3. The number of rotatable bonds is 6. The van der Waals surface area contributed by atoms with E-state index in [0.29, 0.717) is 17.9 Å². The van der Waals surface area contributed by atoms with Crippen LogP contribution in [0.5, 0.6) is 11.5 Å². The van der Waals surface area contributed by atoms with Crippen molar-refractivity contribution in [2.24, 2.45) is 0 Å². The smallest absolute Gasteiger partial charge is 0.287 e. The maximum absolute atomic E-state index is 12.7. The Hall–Kier alpha value is -2.99. The maximum Gasteiger partial charge on any atom is 0.287 e. The third kappa shape index (κ3) is 3.43. The minimum Gasteiger partial charge on any atom is -0.493 e. The molecular weight excluding hydrogens is 356 g/mol. The Bertz CT molecular complexity index is 1010. The fourth-order valence-corrected chi connectivity index (χ4v) is 3.60. The predicted octanol–water partition coefficient (Wildman–Crippen LogP) is 3.41. The summed E-state index contributed by atoms with van der Waals surface area (Å²) in [6.07, 6.45) is 0.927. The van der Waals surface area contributed by atoms with Crippen molar-refractivity contribution in [2.75, 3.05) is 34.4 Å². The first-order valence-electron chi connectivity index (χ1n) is 9.33. The van der Waals surface area contributed by atoms with E-state index >= 15 is 0 Å². The van der Waals surface area contributed by atoms with Gasteiger partial charge in [-0.1, -0.05) is 24.3 Å². The minimum absolute atomic E-state index is 0.0498. The van der Waals surface area contributed by atoms with Crippen LogP contribution in [0.15, 0.2) is 46.9 Å². The summed E-state index contributed by atoms with van der Waals surface area (Å²) in [5.41, 5.74) is 2.96. The first-order valence-corrected chi connectivity index (χ1v) is 9.33. The highest BCUT2D eigenvalue weighted by atomic mass is 16.5. The van der Waals surface area contributed by atoms with E-state index in [1.807, 2.05) is 38.4 Å². The van der Waals surface area contributed by atoms with E-state index in [9.17, 15) is 4.79 Å². The monoisotopic (exact) mass is 380 g/mol. The third-order valence-electron chi connectivity index (χ3n) is 5.13. The van der Waals surface area contributed by atoms with Crippen LogP contribution in [0.1, 0.15) is 27.7 Å². The molecule has 0 spiro atoms. The number of nitrogens with zero attached hydrogens (tertiary/aromatic N) is 1. The lowest BCUT2D eigenvalue weighted by Crippen LogP contribution is -2.34. The standard InChI is InChI=1S/C22H24N2O4/c1-24(2)17(14-7-8-18-15(11-14)9-10-27-18)13-23-22(25)20-12-16-5-4-6-19(26-3)21(16)28-20/h4-8,11-12,17H,9-10,13H2,1-3H3,(H,23,25)/t17-/m1/s1. The first-order chi connectivity index (χ1) is 13.6. The first kappa shape index (κ1) is 18.4. The molecule has 28 heavy (non-hydrogen) atoms. The molecule has 146 valence electrons. The summed E-state index contributed by atoms with van der Waals surface area (Å²) in [4.78, 5) is 14.8. The number of ether oxygens (including phenoxy) is 2. The normalized spacial score (nSPS) is 14.0. The highest BCUT2D eigenvalue weighted by Gasteiger charge is 2.21. The Kier molecular flexibility index (Phi) is 4.96. The van der Waals surface area contributed by atoms with E-state index in [2.05, 4.69) is 22.3 Å². The Morgan fingerprint density at radius 2 is 2.11 bits per heavy atom. The second-order valence-electron chi connectivity index (χ2n) is 7.14. The zero-order chi connectivity index (χ0) is 19.7. The second kappa shape index (κ2) is 7.56. The van der Waals surface area contributed by atoms with Crippen LogP contribution in [0.25, 0.3) is 11.0 Å². The fraction of sp³-hybridized carbons (Fsp3) is 0.318. The maximum atomic E-state index is 12.7. The molecule has 1 amide bonds. The van der Waals surface area contributed by atoms with Crippen molar-refractivity contribution in [3.8, 4) is 11.5 Å². The number of hydrogen-bond acceptors (Lipinski definition) is 5. The molecule has 0 saturated carbocycles. The lowest BCUT2D eigenvalue weighted by Gasteiger charge is -2.25. The lowest BCUT2D eigenvalue weighted by atomic mass is 10.0. The van der Waals surface area contributed by atoms with Crippen LogP contribution in [-0.2, 0) is 6.42 Å². The van der Waals surface area contributed by atoms with Gasteiger partial charge in [-0.25, -0.2) is 0 Å². The van der Waals surface area contributed by atoms with Crippen LogP contribution in [0, 0.1) is 0 Å². The topological polar surface area (TPSA) is 63.9 Å². The quantitative estimate of drug-likeness (QED) is 0.710. The van der Waals surface area contributed by atoms with Crippen LogP contribution in [-0.4, -0.2) is 45.2 Å². The third-order valence-corrected chi connectivity index (χ3v) is 5.13. The zero-order valence-electron chi connectivity index (χ0n) is 16.3. The second-order valence-corrected chi connectivity index (χ2v) is 7.14. The molecule has 0 saturated heterocycles. The average molecular weight is 380 g/mol. The van der Waals surface area contributed by atoms with E-state index < -0.39 is 0 Å². The molecule has 1 aliphatic rings. The molecule has 6 nitrogen and oxygen atoms in total. The number of hydrogen-bond donors (Lipinski definition) is 1. The molecule has 2 heterocycles. The molecule has 1 N–H and O–H groups in total. The average Bonchev–Trinajstić information content (AvgIpc) is 3.33. The molecule has 0 fully saturated rings. The number of para-hydroxylation sites is 1. The lowest BCUT2D eigenvalue weighted by molar-refractivity contribution is 0.0916. The summed E-state index contributed by atoms with van der Waals surface area (Å²) in [6.45, 7) is 1.21. The summed E-state index contributed by atoms with van der Waals surface area (Å²) in [5.74, 6) is 1.61. The Labute approximate surface area is 164 Å². The van der Waals surface area contributed by atoms with Gasteiger partial charge in [-0.3, -0.25) is 4.79 Å². The van der Waals surface area contributed by atoms with E-state index in [0.717, 1.165) is 29.7 Å². The number of fused-ring (bicyclic) bond motifs is 2. The number of methoxy groups -OCH3 is 1. The van der Waals surface area contributed by atoms with E-state index in [1.165, 1.54) is 5.56 Å². The summed E-state index contributed by atoms with van der Waals surface area (Å²) < 4.78 is 16.6. The van der Waals surface area contributed by atoms with Gasteiger partial charge in [0.1, 0.15) is 5.75 Å². The molecule has 0 bridgehead atoms. The summed E-state index contributed by atoms with van der Waals surface area (Å²) in [6, 6.07) is 13.6. The highest BCUT2D eigenvalue weighted by molar-refractivity contribution is 5.97. The molecule has 6 heteroatoms. The number of nitrogens with one attached hydrogen (secondary N) is 1. The molecule has 1 aliphatic heterocycles. The summed E-state index contributed by atoms with van der Waals surface area (Å²) in [7, 11) is 5.60. The Morgan fingerprint density at radius 3 is 2.89 bits per heavy atom. The van der Waals surface area contributed by atoms with Gasteiger partial charge in [-0.2, -0.15) is 0 Å². The van der Waals surface area contributed by atoms with Gasteiger partial charge in [-0.15, -0.1) is 0 Å². The van der Waals surface area contributed by atoms with Crippen LogP contribution in [0.4, 0.5) is 0 Å². The van der Waals surface area contributed by atoms with Gasteiger partial charge in [0.05, 0.1) is 19.8 Å². The van der Waals surface area contributed by atoms with Crippen LogP contribution >= 0.6 is 0 Å². The van der Waals surface area contributed by atoms with Gasteiger partial charge in [0.2, 0.25) is 0 Å². The van der Waals surface area contributed by atoms with Crippen molar-refractivity contribution >= 4 is 16.9 Å². The van der Waals surface area contributed by atoms with Crippen LogP contribution in [0.3, 0.4) is 0 Å². The number of amides is 1. The molecule has 1 aromatic heterocycles. The van der Waals surface area contributed by atoms with E-state index in [1.54, 1.807) is 13.2 Å². The predicted molar refractivity (Wildman–Crippen MR) is 107 cm³/mol. The summed E-state index contributed by atoms with van der Waals surface area (Å²) >= 11 is 0. The molecule has 0 unspecified atom stereocenters. The number of furan rings is 1. The van der Waals surface area contributed by atoms with Crippen molar-refractivity contribution < 1.29 is 18.7 Å². The minimum atomic E-state index is -0.241. The molecule has 1 atom stereocenters. The van der Waals surface area contributed by atoms with Gasteiger partial charge >= 0.3 is 0 Å². The SMILES string of the molecule is COc1cccc2cc(C(=O)NC[C@H](c3ccc4c(c3)CCO4)N(C)C)oc12. The molecule has 4 rings (SSSR count). The molecule has 0 radical (unpaired) electrons. The van der Waals surface area contributed by atoms with Crippen molar-refractivity contribution in [1.82, 2.24) is 10.2 Å². The highest BCUT2D eigenvalue weighted by Crippen LogP contribution is 2.30. The van der Waals surface area contributed by atoms with Crippen LogP contribution in [0.2, 0.25) is 0 Å². The Balaban J connectivity index is 1.51. The molecule has 3 aromatic rings. The van der Waals surface area contributed by atoms with Crippen molar-refractivity contribution in [3.63, 3.8) is 0 Å². The molecule has 0 aliphatic carbocycles.